The number of ether oxygens (including phenoxy) is 2. The number of halogens is 1. The highest BCUT2D eigenvalue weighted by molar-refractivity contribution is 8.18. The standard InChI is InChI=1S/C20H17ClN2O4S/c1-12(24)22-20-23-19(25)17(28-20)10-14-8-15(21)18(16(9-14)26-2)27-11-13-6-4-3-5-7-13/h3-10H,11H2,1-2H3,(H,22,23,24,25)/b17-10-. The summed E-state index contributed by atoms with van der Waals surface area (Å²) in [5, 5.41) is 3.12. The second kappa shape index (κ2) is 8.95. The first-order valence-electron chi connectivity index (χ1n) is 8.30. The van der Waals surface area contributed by atoms with Crippen LogP contribution in [0.15, 0.2) is 52.4 Å². The fourth-order valence-electron chi connectivity index (χ4n) is 2.46. The molecule has 0 aliphatic carbocycles. The summed E-state index contributed by atoms with van der Waals surface area (Å²) in [5.41, 5.74) is 1.66. The highest BCUT2D eigenvalue weighted by Gasteiger charge is 2.23. The van der Waals surface area contributed by atoms with E-state index in [1.54, 1.807) is 18.2 Å². The van der Waals surface area contributed by atoms with Crippen LogP contribution in [-0.2, 0) is 16.2 Å². The molecule has 3 rings (SSSR count). The van der Waals surface area contributed by atoms with Crippen LogP contribution in [0.5, 0.6) is 11.5 Å². The van der Waals surface area contributed by atoms with Crippen LogP contribution in [0.4, 0.5) is 0 Å². The van der Waals surface area contributed by atoms with Gasteiger partial charge in [0.25, 0.3) is 5.91 Å². The second-order valence-electron chi connectivity index (χ2n) is 5.82. The first-order chi connectivity index (χ1) is 13.5. The maximum Gasteiger partial charge on any atom is 0.286 e. The first-order valence-corrected chi connectivity index (χ1v) is 9.50. The number of carbonyl (C=O) groups excluding carboxylic acids is 2. The summed E-state index contributed by atoms with van der Waals surface area (Å²) in [5.74, 6) is 0.169. The Morgan fingerprint density at radius 2 is 2.04 bits per heavy atom. The molecule has 0 saturated carbocycles. The number of nitrogens with one attached hydrogen (secondary N) is 1. The largest absolute Gasteiger partial charge is 0.493 e. The Morgan fingerprint density at radius 3 is 2.71 bits per heavy atom. The van der Waals surface area contributed by atoms with E-state index in [0.717, 1.165) is 17.3 Å². The lowest BCUT2D eigenvalue weighted by molar-refractivity contribution is -0.117. The molecule has 144 valence electrons. The quantitative estimate of drug-likeness (QED) is 0.744. The van der Waals surface area contributed by atoms with Crippen molar-refractivity contribution in [2.75, 3.05) is 7.11 Å². The van der Waals surface area contributed by atoms with Crippen molar-refractivity contribution in [2.24, 2.45) is 4.99 Å². The van der Waals surface area contributed by atoms with Gasteiger partial charge in [-0.1, -0.05) is 41.9 Å². The van der Waals surface area contributed by atoms with Crippen LogP contribution in [0.25, 0.3) is 6.08 Å². The van der Waals surface area contributed by atoms with E-state index in [1.807, 2.05) is 30.3 Å². The summed E-state index contributed by atoms with van der Waals surface area (Å²) in [6, 6.07) is 13.1. The Morgan fingerprint density at radius 1 is 1.29 bits per heavy atom. The number of carbonyl (C=O) groups is 2. The Labute approximate surface area is 171 Å². The van der Waals surface area contributed by atoms with E-state index in [0.29, 0.717) is 33.6 Å². The third-order valence-electron chi connectivity index (χ3n) is 3.68. The van der Waals surface area contributed by atoms with Gasteiger partial charge in [0, 0.05) is 6.92 Å². The molecule has 1 N–H and O–H groups in total. The molecule has 2 aromatic rings. The first kappa shape index (κ1) is 20.0. The Hall–Kier alpha value is -2.77. The van der Waals surface area contributed by atoms with E-state index in [9.17, 15) is 9.59 Å². The number of rotatable bonds is 5. The van der Waals surface area contributed by atoms with E-state index < -0.39 is 5.91 Å². The van der Waals surface area contributed by atoms with Crippen LogP contribution in [0.2, 0.25) is 5.02 Å². The summed E-state index contributed by atoms with van der Waals surface area (Å²) in [6.07, 6.45) is 1.64. The van der Waals surface area contributed by atoms with Gasteiger partial charge in [-0.3, -0.25) is 9.59 Å². The molecular weight excluding hydrogens is 400 g/mol. The van der Waals surface area contributed by atoms with Crippen LogP contribution in [0.3, 0.4) is 0 Å². The smallest absolute Gasteiger partial charge is 0.286 e. The summed E-state index contributed by atoms with van der Waals surface area (Å²) in [7, 11) is 1.52. The van der Waals surface area contributed by atoms with Crippen molar-refractivity contribution in [3.05, 3.63) is 63.5 Å². The van der Waals surface area contributed by atoms with Crippen LogP contribution in [0.1, 0.15) is 18.1 Å². The average Bonchev–Trinajstić information content (AvgIpc) is 2.99. The van der Waals surface area contributed by atoms with Crippen LogP contribution < -0.4 is 14.8 Å². The number of amidine groups is 1. The van der Waals surface area contributed by atoms with E-state index in [2.05, 4.69) is 10.3 Å². The Bertz CT molecular complexity index is 974. The number of benzene rings is 2. The number of hydrogen-bond acceptors (Lipinski definition) is 5. The monoisotopic (exact) mass is 416 g/mol. The van der Waals surface area contributed by atoms with Gasteiger partial charge in [0.1, 0.15) is 6.61 Å². The molecular formula is C20H17ClN2O4S. The highest BCUT2D eigenvalue weighted by Crippen LogP contribution is 2.38. The lowest BCUT2D eigenvalue weighted by Crippen LogP contribution is -2.23. The predicted molar refractivity (Wildman–Crippen MR) is 111 cm³/mol. The number of thioether (sulfide) groups is 1. The summed E-state index contributed by atoms with van der Waals surface area (Å²) >= 11 is 7.47. The number of amides is 2. The van der Waals surface area contributed by atoms with Crippen molar-refractivity contribution < 1.29 is 19.1 Å². The van der Waals surface area contributed by atoms with Crippen molar-refractivity contribution in [1.82, 2.24) is 5.32 Å². The van der Waals surface area contributed by atoms with Gasteiger partial charge in [-0.05, 0) is 41.1 Å². The SMILES string of the molecule is COc1cc(/C=C2\SC(NC(C)=O)=NC2=O)cc(Cl)c1OCc1ccccc1. The van der Waals surface area contributed by atoms with Gasteiger partial charge in [0.05, 0.1) is 17.0 Å². The van der Waals surface area contributed by atoms with Gasteiger partial charge in [-0.2, -0.15) is 4.99 Å². The fourth-order valence-corrected chi connectivity index (χ4v) is 3.59. The van der Waals surface area contributed by atoms with E-state index in [4.69, 9.17) is 21.1 Å². The van der Waals surface area contributed by atoms with E-state index in [1.165, 1.54) is 14.0 Å². The zero-order valence-electron chi connectivity index (χ0n) is 15.2. The molecule has 0 radical (unpaired) electrons. The number of aliphatic imine (C=N–C) groups is 1. The van der Waals surface area contributed by atoms with Crippen LogP contribution >= 0.6 is 23.4 Å². The minimum atomic E-state index is -0.423. The average molecular weight is 417 g/mol. The fraction of sp³-hybridized carbons (Fsp3) is 0.150. The molecule has 0 bridgehead atoms. The maximum atomic E-state index is 12.0. The molecule has 28 heavy (non-hydrogen) atoms. The zero-order chi connectivity index (χ0) is 20.1. The summed E-state index contributed by atoms with van der Waals surface area (Å²) in [4.78, 5) is 27.3. The normalized spacial score (nSPS) is 14.8. The number of methoxy groups -OCH3 is 1. The van der Waals surface area contributed by atoms with Crippen LogP contribution in [0, 0.1) is 0 Å². The number of nitrogens with zero attached hydrogens (tertiary/aromatic N) is 1. The molecule has 6 nitrogen and oxygen atoms in total. The Balaban J connectivity index is 1.80. The molecule has 1 heterocycles. The maximum absolute atomic E-state index is 12.0. The van der Waals surface area contributed by atoms with Crippen molar-refractivity contribution in [3.63, 3.8) is 0 Å². The molecule has 0 aromatic heterocycles. The lowest BCUT2D eigenvalue weighted by atomic mass is 10.1. The van der Waals surface area contributed by atoms with Crippen molar-refractivity contribution in [1.29, 1.82) is 0 Å². The van der Waals surface area contributed by atoms with Crippen molar-refractivity contribution in [2.45, 2.75) is 13.5 Å². The molecule has 0 atom stereocenters. The Kier molecular flexibility index (Phi) is 6.38. The second-order valence-corrected chi connectivity index (χ2v) is 7.26. The van der Waals surface area contributed by atoms with Gasteiger partial charge in [-0.15, -0.1) is 0 Å². The summed E-state index contributed by atoms with van der Waals surface area (Å²) in [6.45, 7) is 1.70. The third-order valence-corrected chi connectivity index (χ3v) is 4.86. The molecule has 2 aromatic carbocycles. The summed E-state index contributed by atoms with van der Waals surface area (Å²) < 4.78 is 11.2. The topological polar surface area (TPSA) is 77.0 Å². The van der Waals surface area contributed by atoms with Gasteiger partial charge in [0.15, 0.2) is 16.7 Å². The molecule has 0 fully saturated rings. The minimum Gasteiger partial charge on any atom is -0.493 e. The van der Waals surface area contributed by atoms with Crippen molar-refractivity contribution >= 4 is 46.4 Å². The van der Waals surface area contributed by atoms with Crippen molar-refractivity contribution in [3.8, 4) is 11.5 Å². The molecule has 0 unspecified atom stereocenters. The van der Waals surface area contributed by atoms with Gasteiger partial charge in [-0.25, -0.2) is 0 Å². The molecule has 8 heteroatoms. The molecule has 0 spiro atoms. The van der Waals surface area contributed by atoms with Gasteiger partial charge >= 0.3 is 0 Å². The molecule has 2 amide bonds. The highest BCUT2D eigenvalue weighted by atomic mass is 35.5. The molecule has 1 aliphatic rings. The lowest BCUT2D eigenvalue weighted by Gasteiger charge is -2.13. The zero-order valence-corrected chi connectivity index (χ0v) is 16.8. The van der Waals surface area contributed by atoms with E-state index in [-0.39, 0.29) is 11.1 Å². The minimum absolute atomic E-state index is 0.254. The van der Waals surface area contributed by atoms with Crippen LogP contribution in [-0.4, -0.2) is 24.1 Å². The predicted octanol–water partition coefficient (Wildman–Crippen LogP) is 4.03. The van der Waals surface area contributed by atoms with Gasteiger partial charge in [0.2, 0.25) is 5.91 Å². The third kappa shape index (κ3) is 4.94. The van der Waals surface area contributed by atoms with Gasteiger partial charge < -0.3 is 14.8 Å². The molecule has 0 saturated heterocycles. The number of hydrogen-bond donors (Lipinski definition) is 1. The van der Waals surface area contributed by atoms with E-state index >= 15 is 0 Å². The molecule has 1 aliphatic heterocycles.